The summed E-state index contributed by atoms with van der Waals surface area (Å²) in [5.41, 5.74) is 13.0. The van der Waals surface area contributed by atoms with E-state index in [4.69, 9.17) is 5.11 Å². The minimum absolute atomic E-state index is 0.292. The van der Waals surface area contributed by atoms with Crippen molar-refractivity contribution in [2.45, 2.75) is 19.9 Å². The van der Waals surface area contributed by atoms with Gasteiger partial charge in [0.15, 0.2) is 0 Å². The zero-order valence-corrected chi connectivity index (χ0v) is 17.2. The number of allylic oxidation sites excluding steroid dienone is 1. The number of hydrogen-bond donors (Lipinski definition) is 3. The fourth-order valence-electron chi connectivity index (χ4n) is 3.92. The lowest BCUT2D eigenvalue weighted by Crippen LogP contribution is -2.11. The van der Waals surface area contributed by atoms with Crippen molar-refractivity contribution in [3.05, 3.63) is 106 Å². The molecular formula is C26H23FN2O2. The van der Waals surface area contributed by atoms with E-state index in [0.717, 1.165) is 51.5 Å². The normalized spacial score (nSPS) is 13.6. The molecule has 0 amide bonds. The van der Waals surface area contributed by atoms with Crippen LogP contribution < -0.4 is 10.9 Å². The Hall–Kier alpha value is -3.70. The molecule has 0 spiro atoms. The number of fused-ring (bicyclic) bond motifs is 1. The van der Waals surface area contributed by atoms with Crippen molar-refractivity contribution in [1.29, 1.82) is 0 Å². The smallest absolute Gasteiger partial charge is 0.328 e. The van der Waals surface area contributed by atoms with Crippen molar-refractivity contribution in [3.8, 4) is 0 Å². The van der Waals surface area contributed by atoms with Gasteiger partial charge in [-0.05, 0) is 63.6 Å². The first-order chi connectivity index (χ1) is 15.1. The number of rotatable bonds is 6. The topological polar surface area (TPSA) is 61.4 Å². The molecule has 0 atom stereocenters. The first-order valence-electron chi connectivity index (χ1n) is 10.2. The predicted octanol–water partition coefficient (Wildman–Crippen LogP) is 5.72. The highest BCUT2D eigenvalue weighted by molar-refractivity contribution is 5.99. The largest absolute Gasteiger partial charge is 0.478 e. The summed E-state index contributed by atoms with van der Waals surface area (Å²) < 4.78 is 14.8. The average Bonchev–Trinajstić information content (AvgIpc) is 3.26. The van der Waals surface area contributed by atoms with Gasteiger partial charge in [-0.25, -0.2) is 14.6 Å². The SMILES string of the molecule is CC/C(=C(/c1ccc(/C=C/C(=O)O)cc1)c1cc(F)c2c(c1)CNN2)c1ccccc1. The van der Waals surface area contributed by atoms with Crippen LogP contribution >= 0.6 is 0 Å². The molecule has 0 radical (unpaired) electrons. The molecule has 0 aromatic heterocycles. The number of hydrogen-bond acceptors (Lipinski definition) is 3. The Morgan fingerprint density at radius 2 is 1.77 bits per heavy atom. The van der Waals surface area contributed by atoms with Crippen LogP contribution in [0.1, 0.15) is 41.2 Å². The molecule has 0 fully saturated rings. The van der Waals surface area contributed by atoms with E-state index in [-0.39, 0.29) is 5.82 Å². The van der Waals surface area contributed by atoms with E-state index in [1.165, 1.54) is 0 Å². The van der Waals surface area contributed by atoms with Crippen molar-refractivity contribution in [2.75, 3.05) is 5.43 Å². The van der Waals surface area contributed by atoms with Crippen molar-refractivity contribution in [1.82, 2.24) is 5.43 Å². The van der Waals surface area contributed by atoms with Crippen LogP contribution in [-0.4, -0.2) is 11.1 Å². The van der Waals surface area contributed by atoms with Crippen molar-refractivity contribution < 1.29 is 14.3 Å². The Balaban J connectivity index is 1.89. The number of carboxylic acids is 1. The lowest BCUT2D eigenvalue weighted by molar-refractivity contribution is -0.131. The van der Waals surface area contributed by atoms with Gasteiger partial charge >= 0.3 is 5.97 Å². The van der Waals surface area contributed by atoms with Crippen molar-refractivity contribution in [2.24, 2.45) is 0 Å². The van der Waals surface area contributed by atoms with Crippen LogP contribution in [0.15, 0.2) is 72.8 Å². The molecule has 1 aliphatic rings. The molecule has 0 bridgehead atoms. The second kappa shape index (κ2) is 8.98. The number of nitrogens with one attached hydrogen (secondary N) is 2. The van der Waals surface area contributed by atoms with Crippen LogP contribution in [0, 0.1) is 5.82 Å². The Labute approximate surface area is 180 Å². The van der Waals surface area contributed by atoms with Gasteiger partial charge < -0.3 is 10.5 Å². The van der Waals surface area contributed by atoms with Gasteiger partial charge in [0.05, 0.1) is 5.69 Å². The predicted molar refractivity (Wildman–Crippen MR) is 123 cm³/mol. The highest BCUT2D eigenvalue weighted by Crippen LogP contribution is 2.37. The number of hydrazine groups is 1. The number of halogens is 1. The molecule has 31 heavy (non-hydrogen) atoms. The highest BCUT2D eigenvalue weighted by Gasteiger charge is 2.20. The molecule has 4 rings (SSSR count). The van der Waals surface area contributed by atoms with Crippen LogP contribution in [0.3, 0.4) is 0 Å². The van der Waals surface area contributed by atoms with E-state index < -0.39 is 5.97 Å². The Bertz CT molecular complexity index is 1170. The molecular weight excluding hydrogens is 391 g/mol. The van der Waals surface area contributed by atoms with Gasteiger partial charge in [0.25, 0.3) is 0 Å². The maximum Gasteiger partial charge on any atom is 0.328 e. The fourth-order valence-corrected chi connectivity index (χ4v) is 3.92. The Morgan fingerprint density at radius 3 is 2.45 bits per heavy atom. The summed E-state index contributed by atoms with van der Waals surface area (Å²) in [6, 6.07) is 21.4. The third kappa shape index (κ3) is 4.42. The first-order valence-corrected chi connectivity index (χ1v) is 10.2. The second-order valence-corrected chi connectivity index (χ2v) is 7.34. The molecule has 1 heterocycles. The number of carbonyl (C=O) groups is 1. The van der Waals surface area contributed by atoms with E-state index in [1.807, 2.05) is 48.5 Å². The van der Waals surface area contributed by atoms with Crippen LogP contribution in [0.2, 0.25) is 0 Å². The highest BCUT2D eigenvalue weighted by atomic mass is 19.1. The molecule has 1 aliphatic heterocycles. The third-order valence-corrected chi connectivity index (χ3v) is 5.35. The maximum absolute atomic E-state index is 14.8. The molecule has 156 valence electrons. The van der Waals surface area contributed by atoms with Gasteiger partial charge in [-0.1, -0.05) is 61.5 Å². The second-order valence-electron chi connectivity index (χ2n) is 7.34. The molecule has 5 heteroatoms. The van der Waals surface area contributed by atoms with Gasteiger partial charge in [-0.2, -0.15) is 0 Å². The lowest BCUT2D eigenvalue weighted by atomic mass is 9.87. The summed E-state index contributed by atoms with van der Waals surface area (Å²) >= 11 is 0. The zero-order chi connectivity index (χ0) is 21.8. The molecule has 0 aliphatic carbocycles. The van der Waals surface area contributed by atoms with Crippen molar-refractivity contribution in [3.63, 3.8) is 0 Å². The number of anilines is 1. The van der Waals surface area contributed by atoms with Gasteiger partial charge in [0.2, 0.25) is 0 Å². The standard InChI is InChI=1S/C26H23FN2O2/c1-2-22(18-6-4-3-5-7-18)25(19-11-8-17(9-12-19)10-13-24(30)31)20-14-21-16-28-29-26(21)23(27)15-20/h3-15,28-29H,2,16H2,1H3,(H,30,31)/b13-10+,25-22+. The average molecular weight is 414 g/mol. The minimum atomic E-state index is -0.988. The summed E-state index contributed by atoms with van der Waals surface area (Å²) in [4.78, 5) is 10.8. The van der Waals surface area contributed by atoms with E-state index in [9.17, 15) is 9.18 Å². The molecule has 0 saturated heterocycles. The summed E-state index contributed by atoms with van der Waals surface area (Å²) in [6.07, 6.45) is 3.44. The van der Waals surface area contributed by atoms with Gasteiger partial charge in [-0.15, -0.1) is 0 Å². The number of benzene rings is 3. The molecule has 3 aromatic rings. The fraction of sp³-hybridized carbons (Fsp3) is 0.115. The Morgan fingerprint density at radius 1 is 1.03 bits per heavy atom. The van der Waals surface area contributed by atoms with Gasteiger partial charge in [0, 0.05) is 12.6 Å². The van der Waals surface area contributed by atoms with Gasteiger partial charge in [0.1, 0.15) is 5.82 Å². The minimum Gasteiger partial charge on any atom is -0.478 e. The van der Waals surface area contributed by atoms with Crippen LogP contribution in [0.4, 0.5) is 10.1 Å². The number of carboxylic acid groups (broad SMARTS) is 1. The van der Waals surface area contributed by atoms with E-state index in [2.05, 4.69) is 29.9 Å². The number of aliphatic carboxylic acids is 1. The molecule has 0 unspecified atom stereocenters. The molecule has 3 N–H and O–H groups in total. The summed E-state index contributed by atoms with van der Waals surface area (Å²) in [5, 5.41) is 8.86. The third-order valence-electron chi connectivity index (χ3n) is 5.35. The molecule has 3 aromatic carbocycles. The first kappa shape index (κ1) is 20.6. The van der Waals surface area contributed by atoms with Gasteiger partial charge in [-0.3, -0.25) is 0 Å². The maximum atomic E-state index is 14.8. The van der Waals surface area contributed by atoms with Crippen LogP contribution in [0.5, 0.6) is 0 Å². The van der Waals surface area contributed by atoms with Crippen molar-refractivity contribution >= 4 is 28.9 Å². The van der Waals surface area contributed by atoms with E-state index in [1.54, 1.807) is 12.1 Å². The summed E-state index contributed by atoms with van der Waals surface area (Å²) in [5.74, 6) is -1.28. The van der Waals surface area contributed by atoms with Crippen LogP contribution in [0.25, 0.3) is 17.2 Å². The Kier molecular flexibility index (Phi) is 5.96. The monoisotopic (exact) mass is 414 g/mol. The zero-order valence-electron chi connectivity index (χ0n) is 17.2. The van der Waals surface area contributed by atoms with E-state index >= 15 is 0 Å². The summed E-state index contributed by atoms with van der Waals surface area (Å²) in [6.45, 7) is 2.65. The van der Waals surface area contributed by atoms with Crippen LogP contribution in [-0.2, 0) is 11.3 Å². The lowest BCUT2D eigenvalue weighted by Gasteiger charge is -2.17. The van der Waals surface area contributed by atoms with E-state index in [0.29, 0.717) is 12.2 Å². The quantitative estimate of drug-likeness (QED) is 0.356. The molecule has 0 saturated carbocycles. The summed E-state index contributed by atoms with van der Waals surface area (Å²) in [7, 11) is 0. The molecule has 4 nitrogen and oxygen atoms in total.